The molecule has 7 nitrogen and oxygen atoms in total. The van der Waals surface area contributed by atoms with E-state index in [1.807, 2.05) is 0 Å². The number of esters is 1. The van der Waals surface area contributed by atoms with Crippen LogP contribution in [0.2, 0.25) is 0 Å². The average Bonchev–Trinajstić information content (AvgIpc) is 2.72. The number of amides is 1. The van der Waals surface area contributed by atoms with Gasteiger partial charge in [-0.15, -0.1) is 0 Å². The molecule has 0 saturated heterocycles. The monoisotopic (exact) mass is 397 g/mol. The van der Waals surface area contributed by atoms with Gasteiger partial charge in [0.25, 0.3) is 5.91 Å². The van der Waals surface area contributed by atoms with Gasteiger partial charge in [-0.3, -0.25) is 14.4 Å². The van der Waals surface area contributed by atoms with E-state index in [4.69, 9.17) is 9.47 Å². The zero-order chi connectivity index (χ0) is 21.4. The van der Waals surface area contributed by atoms with E-state index in [-0.39, 0.29) is 18.2 Å². The minimum Gasteiger partial charge on any atom is -0.482 e. The Labute approximate surface area is 169 Å². The van der Waals surface area contributed by atoms with Gasteiger partial charge in [0.05, 0.1) is 0 Å². The van der Waals surface area contributed by atoms with Gasteiger partial charge in [0.2, 0.25) is 0 Å². The smallest absolute Gasteiger partial charge is 0.344 e. The molecule has 2 aromatic rings. The van der Waals surface area contributed by atoms with Gasteiger partial charge in [0.1, 0.15) is 5.75 Å². The fourth-order valence-corrected chi connectivity index (χ4v) is 2.40. The lowest BCUT2D eigenvalue weighted by Gasteiger charge is -2.14. The molecule has 0 bridgehead atoms. The van der Waals surface area contributed by atoms with Gasteiger partial charge in [0, 0.05) is 23.2 Å². The molecule has 1 unspecified atom stereocenters. The van der Waals surface area contributed by atoms with Crippen molar-refractivity contribution in [2.45, 2.75) is 33.3 Å². The van der Waals surface area contributed by atoms with E-state index >= 15 is 0 Å². The van der Waals surface area contributed by atoms with Crippen LogP contribution in [0.15, 0.2) is 48.5 Å². The van der Waals surface area contributed by atoms with Crippen LogP contribution >= 0.6 is 0 Å². The Kier molecular flexibility index (Phi) is 7.65. The second-order valence-corrected chi connectivity index (χ2v) is 6.34. The second-order valence-electron chi connectivity index (χ2n) is 6.34. The molecule has 152 valence electrons. The normalized spacial score (nSPS) is 11.3. The quantitative estimate of drug-likeness (QED) is 0.514. The fourth-order valence-electron chi connectivity index (χ4n) is 2.40. The summed E-state index contributed by atoms with van der Waals surface area (Å²) in [5.41, 5.74) is 1.59. The van der Waals surface area contributed by atoms with Crippen molar-refractivity contribution in [3.05, 3.63) is 59.7 Å². The standard InChI is InChI=1S/C22H23NO6/c1-4-20(25)17-7-11-19(12-8-17)28-13-21(26)29-15(3)22(27)23-18-9-5-16(6-10-18)14(2)24/h5-12,15H,4,13H2,1-3H3,(H,23,27). The summed E-state index contributed by atoms with van der Waals surface area (Å²) < 4.78 is 10.4. The predicted molar refractivity (Wildman–Crippen MR) is 107 cm³/mol. The zero-order valence-corrected chi connectivity index (χ0v) is 16.6. The third-order valence-corrected chi connectivity index (χ3v) is 4.09. The lowest BCUT2D eigenvalue weighted by molar-refractivity contribution is -0.155. The average molecular weight is 397 g/mol. The molecule has 2 aromatic carbocycles. The number of ketones is 2. The van der Waals surface area contributed by atoms with Crippen LogP contribution in [0, 0.1) is 0 Å². The molecule has 0 fully saturated rings. The van der Waals surface area contributed by atoms with Gasteiger partial charge in [-0.1, -0.05) is 6.92 Å². The van der Waals surface area contributed by atoms with E-state index < -0.39 is 18.0 Å². The van der Waals surface area contributed by atoms with Crippen molar-refractivity contribution >= 4 is 29.1 Å². The second kappa shape index (κ2) is 10.2. The first kappa shape index (κ1) is 21.8. The van der Waals surface area contributed by atoms with Crippen molar-refractivity contribution < 1.29 is 28.7 Å². The highest BCUT2D eigenvalue weighted by Crippen LogP contribution is 2.14. The predicted octanol–water partition coefficient (Wildman–Crippen LogP) is 3.43. The first-order valence-electron chi connectivity index (χ1n) is 9.17. The van der Waals surface area contributed by atoms with Gasteiger partial charge in [-0.2, -0.15) is 0 Å². The number of nitrogens with one attached hydrogen (secondary N) is 1. The molecule has 1 atom stereocenters. The highest BCUT2D eigenvalue weighted by atomic mass is 16.6. The van der Waals surface area contributed by atoms with Crippen molar-refractivity contribution in [3.8, 4) is 5.75 Å². The van der Waals surface area contributed by atoms with Crippen LogP contribution in [0.25, 0.3) is 0 Å². The summed E-state index contributed by atoms with van der Waals surface area (Å²) in [7, 11) is 0. The zero-order valence-electron chi connectivity index (χ0n) is 16.6. The number of benzene rings is 2. The molecule has 0 heterocycles. The Morgan fingerprint density at radius 2 is 1.52 bits per heavy atom. The SMILES string of the molecule is CCC(=O)c1ccc(OCC(=O)OC(C)C(=O)Nc2ccc(C(C)=O)cc2)cc1. The molecule has 0 aliphatic heterocycles. The number of carbonyl (C=O) groups excluding carboxylic acids is 4. The summed E-state index contributed by atoms with van der Waals surface area (Å²) >= 11 is 0. The van der Waals surface area contributed by atoms with Crippen LogP contribution in [0.5, 0.6) is 5.75 Å². The van der Waals surface area contributed by atoms with Crippen molar-refractivity contribution in [1.82, 2.24) is 0 Å². The Hall–Kier alpha value is -3.48. The fraction of sp³-hybridized carbons (Fsp3) is 0.273. The molecule has 0 aliphatic rings. The van der Waals surface area contributed by atoms with Gasteiger partial charge < -0.3 is 14.8 Å². The first-order chi connectivity index (χ1) is 13.8. The van der Waals surface area contributed by atoms with Gasteiger partial charge in [0.15, 0.2) is 24.3 Å². The molecule has 1 N–H and O–H groups in total. The summed E-state index contributed by atoms with van der Waals surface area (Å²) in [4.78, 5) is 46.9. The van der Waals surface area contributed by atoms with Gasteiger partial charge in [-0.05, 0) is 62.4 Å². The highest BCUT2D eigenvalue weighted by Gasteiger charge is 2.18. The van der Waals surface area contributed by atoms with Crippen molar-refractivity contribution in [3.63, 3.8) is 0 Å². The minimum atomic E-state index is -1.02. The number of hydrogen-bond donors (Lipinski definition) is 1. The molecule has 7 heteroatoms. The largest absolute Gasteiger partial charge is 0.482 e. The van der Waals surface area contributed by atoms with Crippen molar-refractivity contribution in [2.75, 3.05) is 11.9 Å². The van der Waals surface area contributed by atoms with E-state index in [2.05, 4.69) is 5.32 Å². The van der Waals surface area contributed by atoms with Crippen LogP contribution in [-0.4, -0.2) is 36.2 Å². The third-order valence-electron chi connectivity index (χ3n) is 4.09. The Balaban J connectivity index is 1.81. The molecule has 0 spiro atoms. The molecule has 2 rings (SSSR count). The molecule has 1 amide bonds. The number of rotatable bonds is 9. The maximum absolute atomic E-state index is 12.1. The molecular formula is C22H23NO6. The van der Waals surface area contributed by atoms with Gasteiger partial charge >= 0.3 is 5.97 Å². The lowest BCUT2D eigenvalue weighted by atomic mass is 10.1. The Morgan fingerprint density at radius 1 is 0.931 bits per heavy atom. The van der Waals surface area contributed by atoms with E-state index in [1.165, 1.54) is 13.8 Å². The summed E-state index contributed by atoms with van der Waals surface area (Å²) in [5.74, 6) is -0.842. The molecule has 0 saturated carbocycles. The third kappa shape index (κ3) is 6.57. The number of hydrogen-bond acceptors (Lipinski definition) is 6. The van der Waals surface area contributed by atoms with E-state index in [9.17, 15) is 19.2 Å². The van der Waals surface area contributed by atoms with Crippen LogP contribution < -0.4 is 10.1 Å². The number of ether oxygens (including phenoxy) is 2. The van der Waals surface area contributed by atoms with E-state index in [1.54, 1.807) is 55.5 Å². The van der Waals surface area contributed by atoms with Crippen LogP contribution in [-0.2, 0) is 14.3 Å². The molecule has 0 radical (unpaired) electrons. The van der Waals surface area contributed by atoms with Gasteiger partial charge in [-0.25, -0.2) is 4.79 Å². The maximum Gasteiger partial charge on any atom is 0.344 e. The summed E-state index contributed by atoms with van der Waals surface area (Å²) in [6.07, 6.45) is -0.615. The molecule has 0 aliphatic carbocycles. The summed E-state index contributed by atoms with van der Waals surface area (Å²) in [5, 5.41) is 2.61. The minimum absolute atomic E-state index is 0.0201. The van der Waals surface area contributed by atoms with E-state index in [0.29, 0.717) is 29.0 Å². The number of Topliss-reactive ketones (excluding diaryl/α,β-unsaturated/α-hetero) is 2. The van der Waals surface area contributed by atoms with Crippen LogP contribution in [0.3, 0.4) is 0 Å². The van der Waals surface area contributed by atoms with Crippen molar-refractivity contribution in [1.29, 1.82) is 0 Å². The molecule has 29 heavy (non-hydrogen) atoms. The van der Waals surface area contributed by atoms with Crippen LogP contribution in [0.4, 0.5) is 5.69 Å². The van der Waals surface area contributed by atoms with Crippen molar-refractivity contribution in [2.24, 2.45) is 0 Å². The highest BCUT2D eigenvalue weighted by molar-refractivity contribution is 5.97. The maximum atomic E-state index is 12.1. The summed E-state index contributed by atoms with van der Waals surface area (Å²) in [6, 6.07) is 12.8. The Morgan fingerprint density at radius 3 is 2.07 bits per heavy atom. The molecule has 0 aromatic heterocycles. The topological polar surface area (TPSA) is 98.8 Å². The lowest BCUT2D eigenvalue weighted by Crippen LogP contribution is -2.31. The summed E-state index contributed by atoms with van der Waals surface area (Å²) in [6.45, 7) is 4.31. The number of carbonyl (C=O) groups is 4. The first-order valence-corrected chi connectivity index (χ1v) is 9.17. The van der Waals surface area contributed by atoms with E-state index in [0.717, 1.165) is 0 Å². The Bertz CT molecular complexity index is 887. The molecular weight excluding hydrogens is 374 g/mol. The number of anilines is 1. The van der Waals surface area contributed by atoms with Crippen LogP contribution in [0.1, 0.15) is 47.9 Å².